The normalized spacial score (nSPS) is 11.0. The van der Waals surface area contributed by atoms with E-state index in [1.807, 2.05) is 0 Å². The molecule has 0 aliphatic heterocycles. The minimum Gasteiger partial charge on any atom is -0.340 e. The lowest BCUT2D eigenvalue weighted by atomic mass is 10.1. The number of anilines is 5. The number of rotatable bonds is 5. The summed E-state index contributed by atoms with van der Waals surface area (Å²) >= 11 is 0. The van der Waals surface area contributed by atoms with E-state index in [-0.39, 0.29) is 17.5 Å². The van der Waals surface area contributed by atoms with Crippen LogP contribution in [0.4, 0.5) is 42.0 Å². The van der Waals surface area contributed by atoms with E-state index in [9.17, 15) is 18.0 Å². The van der Waals surface area contributed by atoms with Crippen molar-refractivity contribution in [3.05, 3.63) is 66.4 Å². The molecule has 3 N–H and O–H groups in total. The minimum absolute atomic E-state index is 0.0136. The average molecular weight is 387 g/mol. The zero-order chi connectivity index (χ0) is 20.1. The summed E-state index contributed by atoms with van der Waals surface area (Å²) < 4.78 is 39.4. The van der Waals surface area contributed by atoms with Crippen molar-refractivity contribution in [1.29, 1.82) is 0 Å². The Morgan fingerprint density at radius 1 is 0.964 bits per heavy atom. The number of carbonyl (C=O) groups excluding carboxylic acids is 1. The fourth-order valence-electron chi connectivity index (χ4n) is 2.47. The van der Waals surface area contributed by atoms with Crippen molar-refractivity contribution in [1.82, 2.24) is 9.97 Å². The molecule has 0 aliphatic carbocycles. The lowest BCUT2D eigenvalue weighted by Gasteiger charge is -2.14. The van der Waals surface area contributed by atoms with Gasteiger partial charge in [-0.25, -0.2) is 4.98 Å². The van der Waals surface area contributed by atoms with Crippen LogP contribution in [0.1, 0.15) is 12.5 Å². The predicted octanol–water partition coefficient (Wildman–Crippen LogP) is 4.94. The summed E-state index contributed by atoms with van der Waals surface area (Å²) in [6.45, 7) is 1.40. The number of alkyl halides is 3. The molecule has 0 bridgehead atoms. The zero-order valence-electron chi connectivity index (χ0n) is 14.7. The Morgan fingerprint density at radius 3 is 2.46 bits per heavy atom. The average Bonchev–Trinajstić information content (AvgIpc) is 2.61. The molecule has 0 unspecified atom stereocenters. The van der Waals surface area contributed by atoms with Crippen LogP contribution in [0.2, 0.25) is 0 Å². The van der Waals surface area contributed by atoms with Crippen molar-refractivity contribution < 1.29 is 18.0 Å². The Balaban J connectivity index is 1.80. The molecule has 9 heteroatoms. The largest absolute Gasteiger partial charge is 0.418 e. The van der Waals surface area contributed by atoms with Crippen LogP contribution in [-0.4, -0.2) is 15.9 Å². The number of nitrogens with one attached hydrogen (secondary N) is 3. The molecule has 0 spiro atoms. The second kappa shape index (κ2) is 7.95. The maximum absolute atomic E-state index is 13.1. The molecule has 0 saturated heterocycles. The van der Waals surface area contributed by atoms with Gasteiger partial charge in [0.25, 0.3) is 0 Å². The van der Waals surface area contributed by atoms with Gasteiger partial charge in [0.2, 0.25) is 11.9 Å². The van der Waals surface area contributed by atoms with Crippen molar-refractivity contribution in [3.63, 3.8) is 0 Å². The summed E-state index contributed by atoms with van der Waals surface area (Å²) in [6.07, 6.45) is -3.07. The van der Waals surface area contributed by atoms with Crippen LogP contribution in [0, 0.1) is 0 Å². The Labute approximate surface area is 158 Å². The predicted molar refractivity (Wildman–Crippen MR) is 101 cm³/mol. The van der Waals surface area contributed by atoms with Crippen LogP contribution in [0.3, 0.4) is 0 Å². The molecule has 2 aromatic carbocycles. The Kier molecular flexibility index (Phi) is 5.44. The zero-order valence-corrected chi connectivity index (χ0v) is 14.7. The highest BCUT2D eigenvalue weighted by Crippen LogP contribution is 2.35. The summed E-state index contributed by atoms with van der Waals surface area (Å²) in [5.41, 5.74) is 0.301. The van der Waals surface area contributed by atoms with E-state index in [2.05, 4.69) is 25.9 Å². The molecule has 1 heterocycles. The third-order valence-corrected chi connectivity index (χ3v) is 3.59. The van der Waals surface area contributed by atoms with Gasteiger partial charge in [-0.2, -0.15) is 18.2 Å². The number of hydrogen-bond acceptors (Lipinski definition) is 5. The highest BCUT2D eigenvalue weighted by atomic mass is 19.4. The molecule has 0 fully saturated rings. The quantitative estimate of drug-likeness (QED) is 0.578. The molecule has 28 heavy (non-hydrogen) atoms. The smallest absolute Gasteiger partial charge is 0.340 e. The van der Waals surface area contributed by atoms with E-state index < -0.39 is 11.7 Å². The first kappa shape index (κ1) is 19.2. The lowest BCUT2D eigenvalue weighted by Crippen LogP contribution is -2.09. The van der Waals surface area contributed by atoms with E-state index in [4.69, 9.17) is 0 Å². The molecule has 1 aromatic heterocycles. The van der Waals surface area contributed by atoms with Crippen molar-refractivity contribution in [3.8, 4) is 0 Å². The van der Waals surface area contributed by atoms with Crippen LogP contribution >= 0.6 is 0 Å². The molecule has 1 amide bonds. The molecular formula is C19H16F3N5O. The number of amides is 1. The SMILES string of the molecule is CC(=O)Nc1cccc(Nc2ccnc(Nc3ccccc3C(F)(F)F)n2)c1. The number of para-hydroxylation sites is 1. The van der Waals surface area contributed by atoms with Crippen LogP contribution in [0.15, 0.2) is 60.8 Å². The number of benzene rings is 2. The van der Waals surface area contributed by atoms with Gasteiger partial charge < -0.3 is 16.0 Å². The number of aromatic nitrogens is 2. The first-order chi connectivity index (χ1) is 13.3. The summed E-state index contributed by atoms with van der Waals surface area (Å²) in [4.78, 5) is 19.3. The third kappa shape index (κ3) is 4.97. The monoisotopic (exact) mass is 387 g/mol. The van der Waals surface area contributed by atoms with E-state index in [0.29, 0.717) is 17.2 Å². The van der Waals surface area contributed by atoms with Crippen molar-refractivity contribution in [2.75, 3.05) is 16.0 Å². The standard InChI is InChI=1S/C19H16F3N5O/c1-12(28)24-13-5-4-6-14(11-13)25-17-9-10-23-18(27-17)26-16-8-3-2-7-15(16)19(20,21)22/h2-11H,1H3,(H,24,28)(H2,23,25,26,27). The highest BCUT2D eigenvalue weighted by Gasteiger charge is 2.33. The molecule has 3 rings (SSSR count). The van der Waals surface area contributed by atoms with Gasteiger partial charge in [0.05, 0.1) is 11.3 Å². The lowest BCUT2D eigenvalue weighted by molar-refractivity contribution is -0.136. The van der Waals surface area contributed by atoms with Crippen molar-refractivity contribution in [2.45, 2.75) is 13.1 Å². The number of hydrogen-bond donors (Lipinski definition) is 3. The van der Waals surface area contributed by atoms with Gasteiger partial charge >= 0.3 is 6.18 Å². The topological polar surface area (TPSA) is 78.9 Å². The van der Waals surface area contributed by atoms with Crippen molar-refractivity contribution >= 4 is 34.7 Å². The van der Waals surface area contributed by atoms with Gasteiger partial charge in [-0.15, -0.1) is 0 Å². The highest BCUT2D eigenvalue weighted by molar-refractivity contribution is 5.89. The second-order valence-electron chi connectivity index (χ2n) is 5.82. The first-order valence-corrected chi connectivity index (χ1v) is 8.22. The van der Waals surface area contributed by atoms with Gasteiger partial charge in [-0.05, 0) is 36.4 Å². The molecular weight excluding hydrogens is 371 g/mol. The fraction of sp³-hybridized carbons (Fsp3) is 0.105. The minimum atomic E-state index is -4.50. The second-order valence-corrected chi connectivity index (χ2v) is 5.82. The van der Waals surface area contributed by atoms with E-state index >= 15 is 0 Å². The Morgan fingerprint density at radius 2 is 1.71 bits per heavy atom. The van der Waals surface area contributed by atoms with Crippen LogP contribution in [0.5, 0.6) is 0 Å². The molecule has 144 valence electrons. The molecule has 0 aliphatic rings. The fourth-order valence-corrected chi connectivity index (χ4v) is 2.47. The maximum atomic E-state index is 13.1. The number of halogens is 3. The molecule has 6 nitrogen and oxygen atoms in total. The van der Waals surface area contributed by atoms with Crippen LogP contribution < -0.4 is 16.0 Å². The van der Waals surface area contributed by atoms with E-state index in [1.54, 1.807) is 30.3 Å². The summed E-state index contributed by atoms with van der Waals surface area (Å²) in [5.74, 6) is 0.190. The van der Waals surface area contributed by atoms with Crippen LogP contribution in [0.25, 0.3) is 0 Å². The van der Waals surface area contributed by atoms with Crippen molar-refractivity contribution in [2.24, 2.45) is 0 Å². The molecule has 0 atom stereocenters. The van der Waals surface area contributed by atoms with Gasteiger partial charge in [-0.3, -0.25) is 4.79 Å². The maximum Gasteiger partial charge on any atom is 0.418 e. The van der Waals surface area contributed by atoms with E-state index in [0.717, 1.165) is 6.07 Å². The number of nitrogens with zero attached hydrogens (tertiary/aromatic N) is 2. The van der Waals surface area contributed by atoms with Gasteiger partial charge in [0.1, 0.15) is 5.82 Å². The number of carbonyl (C=O) groups is 1. The van der Waals surface area contributed by atoms with Gasteiger partial charge in [0, 0.05) is 24.5 Å². The molecule has 0 saturated carbocycles. The summed E-state index contributed by atoms with van der Waals surface area (Å²) in [6, 6.07) is 13.6. The van der Waals surface area contributed by atoms with Crippen LogP contribution in [-0.2, 0) is 11.0 Å². The molecule has 3 aromatic rings. The summed E-state index contributed by atoms with van der Waals surface area (Å²) in [5, 5.41) is 8.29. The Hall–Kier alpha value is -3.62. The first-order valence-electron chi connectivity index (χ1n) is 8.22. The molecule has 0 radical (unpaired) electrons. The summed E-state index contributed by atoms with van der Waals surface area (Å²) in [7, 11) is 0. The van der Waals surface area contributed by atoms with Gasteiger partial charge in [0.15, 0.2) is 0 Å². The Bertz CT molecular complexity index is 991. The third-order valence-electron chi connectivity index (χ3n) is 3.59. The van der Waals surface area contributed by atoms with Gasteiger partial charge in [-0.1, -0.05) is 18.2 Å². The van der Waals surface area contributed by atoms with E-state index in [1.165, 1.54) is 31.3 Å².